The van der Waals surface area contributed by atoms with Crippen LogP contribution in [-0.2, 0) is 17.6 Å². The Labute approximate surface area is 126 Å². The second kappa shape index (κ2) is 6.42. The molecule has 110 valence electrons. The summed E-state index contributed by atoms with van der Waals surface area (Å²) < 4.78 is 6.00. The molecule has 2 heteroatoms. The van der Waals surface area contributed by atoms with E-state index in [0.717, 1.165) is 25.9 Å². The molecule has 2 aromatic rings. The van der Waals surface area contributed by atoms with Crippen molar-refractivity contribution in [1.29, 1.82) is 0 Å². The summed E-state index contributed by atoms with van der Waals surface area (Å²) in [7, 11) is 0. The highest BCUT2D eigenvalue weighted by atomic mass is 16.5. The zero-order valence-electron chi connectivity index (χ0n) is 12.6. The average Bonchev–Trinajstić information content (AvgIpc) is 2.54. The van der Waals surface area contributed by atoms with Gasteiger partial charge in [0.2, 0.25) is 0 Å². The molecule has 0 bridgehead atoms. The van der Waals surface area contributed by atoms with Crippen LogP contribution in [0.4, 0.5) is 0 Å². The molecule has 0 aliphatic carbocycles. The Balaban J connectivity index is 1.89. The first kappa shape index (κ1) is 14.3. The molecule has 1 aliphatic heterocycles. The highest BCUT2D eigenvalue weighted by molar-refractivity contribution is 5.35. The zero-order valence-corrected chi connectivity index (χ0v) is 12.6. The van der Waals surface area contributed by atoms with E-state index < -0.39 is 0 Å². The summed E-state index contributed by atoms with van der Waals surface area (Å²) in [4.78, 5) is 0. The minimum atomic E-state index is -0.108. The molecular weight excluding hydrogens is 258 g/mol. The molecule has 0 aromatic heterocycles. The van der Waals surface area contributed by atoms with Gasteiger partial charge in [0.05, 0.1) is 12.6 Å². The van der Waals surface area contributed by atoms with Crippen molar-refractivity contribution in [2.24, 2.45) is 5.73 Å². The third kappa shape index (κ3) is 3.02. The summed E-state index contributed by atoms with van der Waals surface area (Å²) in [5.74, 6) is 0. The predicted octanol–water partition coefficient (Wildman–Crippen LogP) is 3.95. The fourth-order valence-electron chi connectivity index (χ4n) is 3.14. The van der Waals surface area contributed by atoms with Crippen molar-refractivity contribution in [3.63, 3.8) is 0 Å². The van der Waals surface area contributed by atoms with E-state index in [2.05, 4.69) is 55.5 Å². The van der Waals surface area contributed by atoms with Gasteiger partial charge in [0.15, 0.2) is 0 Å². The van der Waals surface area contributed by atoms with Crippen LogP contribution in [0.1, 0.15) is 47.7 Å². The molecule has 0 fully saturated rings. The van der Waals surface area contributed by atoms with E-state index in [1.807, 2.05) is 0 Å². The second-order valence-corrected chi connectivity index (χ2v) is 5.76. The fourth-order valence-corrected chi connectivity index (χ4v) is 3.14. The van der Waals surface area contributed by atoms with Crippen LogP contribution in [0, 0.1) is 0 Å². The van der Waals surface area contributed by atoms with E-state index >= 15 is 0 Å². The van der Waals surface area contributed by atoms with Crippen LogP contribution >= 0.6 is 0 Å². The summed E-state index contributed by atoms with van der Waals surface area (Å²) in [5, 5.41) is 0. The molecule has 2 nitrogen and oxygen atoms in total. The van der Waals surface area contributed by atoms with E-state index in [0.29, 0.717) is 0 Å². The molecule has 0 saturated heterocycles. The van der Waals surface area contributed by atoms with E-state index in [9.17, 15) is 0 Å². The molecule has 0 radical (unpaired) electrons. The number of hydrogen-bond acceptors (Lipinski definition) is 2. The lowest BCUT2D eigenvalue weighted by Gasteiger charge is -2.31. The number of fused-ring (bicyclic) bond motifs is 1. The third-order valence-corrected chi connectivity index (χ3v) is 4.23. The molecule has 0 saturated carbocycles. The number of nitrogens with two attached hydrogens (primary N) is 1. The molecule has 0 spiro atoms. The molecule has 2 aromatic carbocycles. The highest BCUT2D eigenvalue weighted by Crippen LogP contribution is 2.35. The van der Waals surface area contributed by atoms with E-state index in [1.54, 1.807) is 0 Å². The monoisotopic (exact) mass is 281 g/mol. The van der Waals surface area contributed by atoms with Crippen molar-refractivity contribution in [2.45, 2.75) is 38.3 Å². The molecule has 0 amide bonds. The maximum atomic E-state index is 6.52. The molecular formula is C19H23NO. The first-order valence-electron chi connectivity index (χ1n) is 7.83. The number of hydrogen-bond donors (Lipinski definition) is 1. The molecule has 2 N–H and O–H groups in total. The lowest BCUT2D eigenvalue weighted by atomic mass is 9.89. The van der Waals surface area contributed by atoms with Crippen molar-refractivity contribution in [2.75, 3.05) is 6.61 Å². The van der Waals surface area contributed by atoms with E-state index in [1.165, 1.54) is 22.3 Å². The standard InChI is InChI=1S/C19H23NO/c1-2-6-14-7-5-9-16(13-14)18(20)19-17-10-4-3-8-15(17)11-12-21-19/h3-5,7-10,13,18-19H,2,6,11-12,20H2,1H3. The highest BCUT2D eigenvalue weighted by Gasteiger charge is 2.27. The van der Waals surface area contributed by atoms with Crippen LogP contribution in [0.25, 0.3) is 0 Å². The van der Waals surface area contributed by atoms with E-state index in [-0.39, 0.29) is 12.1 Å². The Kier molecular flexibility index (Phi) is 4.37. The molecule has 2 unspecified atom stereocenters. The molecule has 3 rings (SSSR count). The van der Waals surface area contributed by atoms with Gasteiger partial charge in [-0.25, -0.2) is 0 Å². The average molecular weight is 281 g/mol. The Hall–Kier alpha value is -1.64. The van der Waals surface area contributed by atoms with Crippen molar-refractivity contribution in [3.05, 3.63) is 70.8 Å². The molecule has 1 heterocycles. The number of ether oxygens (including phenoxy) is 1. The van der Waals surface area contributed by atoms with E-state index in [4.69, 9.17) is 10.5 Å². The summed E-state index contributed by atoms with van der Waals surface area (Å²) in [5.41, 5.74) is 11.7. The van der Waals surface area contributed by atoms with Gasteiger partial charge >= 0.3 is 0 Å². The predicted molar refractivity (Wildman–Crippen MR) is 86.2 cm³/mol. The van der Waals surface area contributed by atoms with Crippen molar-refractivity contribution >= 4 is 0 Å². The Bertz CT molecular complexity index is 608. The van der Waals surface area contributed by atoms with Gasteiger partial charge in [-0.1, -0.05) is 61.9 Å². The van der Waals surface area contributed by atoms with Crippen LogP contribution in [0.2, 0.25) is 0 Å². The van der Waals surface area contributed by atoms with Crippen LogP contribution < -0.4 is 5.73 Å². The Morgan fingerprint density at radius 3 is 2.90 bits per heavy atom. The van der Waals surface area contributed by atoms with Gasteiger partial charge in [-0.3, -0.25) is 0 Å². The SMILES string of the molecule is CCCc1cccc(C(N)C2OCCc3ccccc32)c1. The number of aryl methyl sites for hydroxylation is 1. The molecule has 21 heavy (non-hydrogen) atoms. The lowest BCUT2D eigenvalue weighted by molar-refractivity contribution is 0.0241. The van der Waals surface area contributed by atoms with Gasteiger partial charge < -0.3 is 10.5 Å². The normalized spacial score (nSPS) is 19.0. The maximum Gasteiger partial charge on any atom is 0.102 e. The largest absolute Gasteiger partial charge is 0.371 e. The minimum Gasteiger partial charge on any atom is -0.371 e. The van der Waals surface area contributed by atoms with Crippen molar-refractivity contribution in [1.82, 2.24) is 0 Å². The van der Waals surface area contributed by atoms with Gasteiger partial charge in [0.25, 0.3) is 0 Å². The topological polar surface area (TPSA) is 35.2 Å². The van der Waals surface area contributed by atoms with Crippen molar-refractivity contribution in [3.8, 4) is 0 Å². The van der Waals surface area contributed by atoms with Gasteiger partial charge in [-0.15, -0.1) is 0 Å². The third-order valence-electron chi connectivity index (χ3n) is 4.23. The van der Waals surface area contributed by atoms with Crippen LogP contribution in [0.15, 0.2) is 48.5 Å². The molecule has 1 aliphatic rings. The van der Waals surface area contributed by atoms with Gasteiger partial charge in [0.1, 0.15) is 6.10 Å². The number of benzene rings is 2. The Morgan fingerprint density at radius 1 is 1.19 bits per heavy atom. The zero-order chi connectivity index (χ0) is 14.7. The van der Waals surface area contributed by atoms with Gasteiger partial charge in [-0.2, -0.15) is 0 Å². The Morgan fingerprint density at radius 2 is 2.05 bits per heavy atom. The van der Waals surface area contributed by atoms with Crippen molar-refractivity contribution < 1.29 is 4.74 Å². The minimum absolute atomic E-state index is 0.0353. The van der Waals surface area contributed by atoms with Gasteiger partial charge in [-0.05, 0) is 35.1 Å². The maximum absolute atomic E-state index is 6.52. The van der Waals surface area contributed by atoms with Crippen LogP contribution in [0.5, 0.6) is 0 Å². The summed E-state index contributed by atoms with van der Waals surface area (Å²) in [6, 6.07) is 17.0. The second-order valence-electron chi connectivity index (χ2n) is 5.76. The van der Waals surface area contributed by atoms with Crippen LogP contribution in [0.3, 0.4) is 0 Å². The smallest absolute Gasteiger partial charge is 0.102 e. The van der Waals surface area contributed by atoms with Gasteiger partial charge in [0, 0.05) is 0 Å². The van der Waals surface area contributed by atoms with Crippen LogP contribution in [-0.4, -0.2) is 6.61 Å². The summed E-state index contributed by atoms with van der Waals surface area (Å²) in [6.07, 6.45) is 3.20. The summed E-state index contributed by atoms with van der Waals surface area (Å²) in [6.45, 7) is 2.96. The fraction of sp³-hybridized carbons (Fsp3) is 0.368. The lowest BCUT2D eigenvalue weighted by Crippen LogP contribution is -2.27. The first-order valence-corrected chi connectivity index (χ1v) is 7.83. The molecule has 2 atom stereocenters. The quantitative estimate of drug-likeness (QED) is 0.921. The summed E-state index contributed by atoms with van der Waals surface area (Å²) >= 11 is 0. The first-order chi connectivity index (χ1) is 10.3. The number of rotatable bonds is 4.